The predicted octanol–water partition coefficient (Wildman–Crippen LogP) is 2.48. The minimum Gasteiger partial charge on any atom is -0.370 e. The molecular formula is C12H21N3. The fourth-order valence-electron chi connectivity index (χ4n) is 1.36. The Labute approximate surface area is 92.1 Å². The maximum atomic E-state index is 5.85. The van der Waals surface area contributed by atoms with E-state index in [-0.39, 0.29) is 6.04 Å². The van der Waals surface area contributed by atoms with Crippen molar-refractivity contribution in [3.63, 3.8) is 0 Å². The second-order valence-corrected chi connectivity index (χ2v) is 4.49. The molecule has 1 aromatic heterocycles. The van der Waals surface area contributed by atoms with Crippen molar-refractivity contribution in [3.05, 3.63) is 23.4 Å². The third kappa shape index (κ3) is 3.88. The third-order valence-electron chi connectivity index (χ3n) is 2.19. The minimum absolute atomic E-state index is 0.0614. The van der Waals surface area contributed by atoms with E-state index in [4.69, 9.17) is 5.73 Å². The number of aryl methyl sites for hydroxylation is 1. The van der Waals surface area contributed by atoms with E-state index in [1.54, 1.807) is 0 Å². The molecule has 0 aliphatic rings. The van der Waals surface area contributed by atoms with Crippen LogP contribution in [-0.2, 0) is 0 Å². The molecule has 1 aromatic rings. The summed E-state index contributed by atoms with van der Waals surface area (Å²) in [4.78, 5) is 4.42. The van der Waals surface area contributed by atoms with Gasteiger partial charge in [0.1, 0.15) is 5.82 Å². The van der Waals surface area contributed by atoms with Crippen LogP contribution >= 0.6 is 0 Å². The fourth-order valence-corrected chi connectivity index (χ4v) is 1.36. The van der Waals surface area contributed by atoms with E-state index in [0.29, 0.717) is 5.92 Å². The van der Waals surface area contributed by atoms with Gasteiger partial charge in [0.15, 0.2) is 0 Å². The summed E-state index contributed by atoms with van der Waals surface area (Å²) in [7, 11) is 0. The Bertz CT molecular complexity index is 319. The van der Waals surface area contributed by atoms with Crippen LogP contribution in [0.1, 0.15) is 38.1 Å². The smallest absolute Gasteiger partial charge is 0.126 e. The van der Waals surface area contributed by atoms with Crippen molar-refractivity contribution in [2.45, 2.75) is 33.7 Å². The van der Waals surface area contributed by atoms with Crippen LogP contribution < -0.4 is 11.1 Å². The lowest BCUT2D eigenvalue weighted by Gasteiger charge is -2.12. The number of nitrogens with zero attached hydrogens (tertiary/aromatic N) is 1. The van der Waals surface area contributed by atoms with Crippen molar-refractivity contribution in [2.24, 2.45) is 11.7 Å². The molecule has 0 amide bonds. The second kappa shape index (κ2) is 5.12. The van der Waals surface area contributed by atoms with E-state index in [1.807, 2.05) is 26.0 Å². The number of anilines is 1. The van der Waals surface area contributed by atoms with Gasteiger partial charge in [-0.2, -0.15) is 0 Å². The lowest BCUT2D eigenvalue weighted by molar-refractivity contribution is 0.686. The zero-order valence-electron chi connectivity index (χ0n) is 10.0. The molecule has 0 spiro atoms. The molecule has 0 saturated carbocycles. The number of nitrogens with two attached hydrogens (primary N) is 1. The normalized spacial score (nSPS) is 12.9. The average molecular weight is 207 g/mol. The van der Waals surface area contributed by atoms with Gasteiger partial charge in [-0.1, -0.05) is 13.8 Å². The average Bonchev–Trinajstić information content (AvgIpc) is 2.13. The Morgan fingerprint density at radius 1 is 1.33 bits per heavy atom. The molecule has 0 bridgehead atoms. The summed E-state index contributed by atoms with van der Waals surface area (Å²) in [6, 6.07) is 4.12. The highest BCUT2D eigenvalue weighted by Crippen LogP contribution is 2.15. The van der Waals surface area contributed by atoms with E-state index < -0.39 is 0 Å². The van der Waals surface area contributed by atoms with Crippen LogP contribution in [0.25, 0.3) is 0 Å². The maximum Gasteiger partial charge on any atom is 0.126 e. The summed E-state index contributed by atoms with van der Waals surface area (Å²) in [5.74, 6) is 1.54. The Hall–Kier alpha value is -1.09. The van der Waals surface area contributed by atoms with E-state index in [1.165, 1.54) is 0 Å². The molecule has 1 rings (SSSR count). The van der Waals surface area contributed by atoms with Gasteiger partial charge in [0.05, 0.1) is 0 Å². The standard InChI is InChI=1S/C12H21N3/c1-8(2)7-14-12-6-11(10(4)13)5-9(3)15-12/h5-6,8,10H,7,13H2,1-4H3,(H,14,15). The zero-order chi connectivity index (χ0) is 11.4. The van der Waals surface area contributed by atoms with Gasteiger partial charge in [-0.05, 0) is 37.5 Å². The first kappa shape index (κ1) is 12.0. The van der Waals surface area contributed by atoms with Gasteiger partial charge in [-0.15, -0.1) is 0 Å². The number of rotatable bonds is 4. The first-order valence-corrected chi connectivity index (χ1v) is 5.47. The molecular weight excluding hydrogens is 186 g/mol. The van der Waals surface area contributed by atoms with Gasteiger partial charge in [0.2, 0.25) is 0 Å². The molecule has 15 heavy (non-hydrogen) atoms. The topological polar surface area (TPSA) is 50.9 Å². The van der Waals surface area contributed by atoms with Crippen LogP contribution in [-0.4, -0.2) is 11.5 Å². The molecule has 3 N–H and O–H groups in total. The number of hydrogen-bond donors (Lipinski definition) is 2. The largest absolute Gasteiger partial charge is 0.370 e. The summed E-state index contributed by atoms with van der Waals surface area (Å²) in [6.07, 6.45) is 0. The van der Waals surface area contributed by atoms with Crippen LogP contribution in [0.15, 0.2) is 12.1 Å². The maximum absolute atomic E-state index is 5.85. The summed E-state index contributed by atoms with van der Waals surface area (Å²) in [6.45, 7) is 9.27. The lowest BCUT2D eigenvalue weighted by Crippen LogP contribution is -2.11. The van der Waals surface area contributed by atoms with Gasteiger partial charge in [0, 0.05) is 18.3 Å². The van der Waals surface area contributed by atoms with Gasteiger partial charge in [0.25, 0.3) is 0 Å². The molecule has 3 heteroatoms. The molecule has 1 atom stereocenters. The quantitative estimate of drug-likeness (QED) is 0.797. The molecule has 0 aliphatic carbocycles. The number of aromatic nitrogens is 1. The molecule has 0 aliphatic heterocycles. The third-order valence-corrected chi connectivity index (χ3v) is 2.19. The highest BCUT2D eigenvalue weighted by atomic mass is 15.0. The molecule has 84 valence electrons. The van der Waals surface area contributed by atoms with Gasteiger partial charge in [-0.3, -0.25) is 0 Å². The SMILES string of the molecule is Cc1cc(C(C)N)cc(NCC(C)C)n1. The van der Waals surface area contributed by atoms with Crippen LogP contribution in [0, 0.1) is 12.8 Å². The Kier molecular flexibility index (Phi) is 4.09. The van der Waals surface area contributed by atoms with Gasteiger partial charge >= 0.3 is 0 Å². The highest BCUT2D eigenvalue weighted by molar-refractivity contribution is 5.40. The fraction of sp³-hybridized carbons (Fsp3) is 0.583. The van der Waals surface area contributed by atoms with E-state index in [0.717, 1.165) is 23.6 Å². The minimum atomic E-state index is 0.0614. The van der Waals surface area contributed by atoms with Crippen LogP contribution in [0.4, 0.5) is 5.82 Å². The first-order valence-electron chi connectivity index (χ1n) is 5.47. The van der Waals surface area contributed by atoms with Crippen molar-refractivity contribution in [3.8, 4) is 0 Å². The van der Waals surface area contributed by atoms with E-state index in [2.05, 4.69) is 24.1 Å². The molecule has 1 unspecified atom stereocenters. The molecule has 0 aromatic carbocycles. The van der Waals surface area contributed by atoms with Crippen LogP contribution in [0.5, 0.6) is 0 Å². The van der Waals surface area contributed by atoms with E-state index in [9.17, 15) is 0 Å². The van der Waals surface area contributed by atoms with Crippen molar-refractivity contribution >= 4 is 5.82 Å². The van der Waals surface area contributed by atoms with Crippen molar-refractivity contribution in [1.82, 2.24) is 4.98 Å². The Morgan fingerprint density at radius 3 is 2.53 bits per heavy atom. The second-order valence-electron chi connectivity index (χ2n) is 4.49. The molecule has 0 fully saturated rings. The predicted molar refractivity (Wildman–Crippen MR) is 64.9 cm³/mol. The monoisotopic (exact) mass is 207 g/mol. The molecule has 0 radical (unpaired) electrons. The van der Waals surface area contributed by atoms with Crippen molar-refractivity contribution < 1.29 is 0 Å². The molecule has 1 heterocycles. The van der Waals surface area contributed by atoms with Crippen molar-refractivity contribution in [2.75, 3.05) is 11.9 Å². The molecule has 3 nitrogen and oxygen atoms in total. The van der Waals surface area contributed by atoms with Gasteiger partial charge < -0.3 is 11.1 Å². The van der Waals surface area contributed by atoms with Crippen LogP contribution in [0.2, 0.25) is 0 Å². The summed E-state index contributed by atoms with van der Waals surface area (Å²) in [5, 5.41) is 3.31. The zero-order valence-corrected chi connectivity index (χ0v) is 10.0. The lowest BCUT2D eigenvalue weighted by atomic mass is 10.1. The number of nitrogens with one attached hydrogen (secondary N) is 1. The highest BCUT2D eigenvalue weighted by Gasteiger charge is 2.04. The summed E-state index contributed by atoms with van der Waals surface area (Å²) in [5.41, 5.74) is 8.00. The van der Waals surface area contributed by atoms with E-state index >= 15 is 0 Å². The summed E-state index contributed by atoms with van der Waals surface area (Å²) < 4.78 is 0. The first-order chi connectivity index (χ1) is 6.99. The Morgan fingerprint density at radius 2 is 2.00 bits per heavy atom. The molecule has 0 saturated heterocycles. The number of hydrogen-bond acceptors (Lipinski definition) is 3. The summed E-state index contributed by atoms with van der Waals surface area (Å²) >= 11 is 0. The number of pyridine rings is 1. The Balaban J connectivity index is 2.79. The van der Waals surface area contributed by atoms with Crippen LogP contribution in [0.3, 0.4) is 0 Å². The van der Waals surface area contributed by atoms with Crippen molar-refractivity contribution in [1.29, 1.82) is 0 Å². The van der Waals surface area contributed by atoms with Gasteiger partial charge in [-0.25, -0.2) is 4.98 Å².